The van der Waals surface area contributed by atoms with Gasteiger partial charge in [0.2, 0.25) is 10.0 Å². The maximum atomic E-state index is 11.3. The van der Waals surface area contributed by atoms with Crippen LogP contribution in [0.3, 0.4) is 0 Å². The molecule has 0 saturated heterocycles. The van der Waals surface area contributed by atoms with Crippen LogP contribution < -0.4 is 10.5 Å². The SMILES string of the molecule is CS(=O)(=O)Nc1cc(N)cc(S(C)(=O)=O)c1. The summed E-state index contributed by atoms with van der Waals surface area (Å²) in [4.78, 5) is -0.0290. The van der Waals surface area contributed by atoms with E-state index in [-0.39, 0.29) is 16.3 Å². The van der Waals surface area contributed by atoms with Crippen molar-refractivity contribution in [3.05, 3.63) is 18.2 Å². The molecule has 0 atom stereocenters. The molecule has 0 aliphatic carbocycles. The van der Waals surface area contributed by atoms with Crippen molar-refractivity contribution in [1.82, 2.24) is 0 Å². The third kappa shape index (κ3) is 3.70. The number of nitrogens with one attached hydrogen (secondary N) is 1. The van der Waals surface area contributed by atoms with Crippen molar-refractivity contribution >= 4 is 31.2 Å². The molecule has 3 N–H and O–H groups in total. The summed E-state index contributed by atoms with van der Waals surface area (Å²) in [6.07, 6.45) is 1.99. The van der Waals surface area contributed by atoms with Gasteiger partial charge in [-0.25, -0.2) is 16.8 Å². The summed E-state index contributed by atoms with van der Waals surface area (Å²) in [6, 6.07) is 3.82. The third-order valence-electron chi connectivity index (χ3n) is 1.66. The molecule has 1 aromatic carbocycles. The van der Waals surface area contributed by atoms with Gasteiger partial charge in [0.1, 0.15) is 0 Å². The highest BCUT2D eigenvalue weighted by molar-refractivity contribution is 7.92. The smallest absolute Gasteiger partial charge is 0.229 e. The Balaban J connectivity index is 3.30. The third-order valence-corrected chi connectivity index (χ3v) is 3.36. The van der Waals surface area contributed by atoms with Crippen molar-refractivity contribution in [2.45, 2.75) is 4.90 Å². The fourth-order valence-corrected chi connectivity index (χ4v) is 2.35. The summed E-state index contributed by atoms with van der Waals surface area (Å²) in [6.45, 7) is 0. The predicted octanol–water partition coefficient (Wildman–Crippen LogP) is 0.0438. The van der Waals surface area contributed by atoms with E-state index in [2.05, 4.69) is 4.72 Å². The number of nitrogens with two attached hydrogens (primary N) is 1. The Bertz CT molecular complexity index is 605. The van der Waals surface area contributed by atoms with Gasteiger partial charge in [-0.2, -0.15) is 0 Å². The van der Waals surface area contributed by atoms with Crippen LogP contribution in [-0.2, 0) is 19.9 Å². The zero-order valence-corrected chi connectivity index (χ0v) is 10.4. The van der Waals surface area contributed by atoms with Gasteiger partial charge in [0.15, 0.2) is 9.84 Å². The predicted molar refractivity (Wildman–Crippen MR) is 62.4 cm³/mol. The fourth-order valence-electron chi connectivity index (χ4n) is 1.11. The van der Waals surface area contributed by atoms with Gasteiger partial charge in [0.05, 0.1) is 16.8 Å². The highest BCUT2D eigenvalue weighted by atomic mass is 32.2. The first-order valence-corrected chi connectivity index (χ1v) is 7.94. The minimum atomic E-state index is -3.46. The number of benzene rings is 1. The molecule has 0 radical (unpaired) electrons. The van der Waals surface area contributed by atoms with E-state index in [1.54, 1.807) is 0 Å². The van der Waals surface area contributed by atoms with E-state index in [9.17, 15) is 16.8 Å². The average Bonchev–Trinajstić information content (AvgIpc) is 1.97. The van der Waals surface area contributed by atoms with Crippen molar-refractivity contribution in [1.29, 1.82) is 0 Å². The van der Waals surface area contributed by atoms with Gasteiger partial charge >= 0.3 is 0 Å². The molecule has 8 heteroatoms. The van der Waals surface area contributed by atoms with Crippen molar-refractivity contribution in [3.63, 3.8) is 0 Å². The highest BCUT2D eigenvalue weighted by Gasteiger charge is 2.11. The maximum Gasteiger partial charge on any atom is 0.229 e. The van der Waals surface area contributed by atoms with Crippen LogP contribution in [0.25, 0.3) is 0 Å². The van der Waals surface area contributed by atoms with E-state index in [0.29, 0.717) is 0 Å². The molecule has 90 valence electrons. The van der Waals surface area contributed by atoms with Crippen LogP contribution in [-0.4, -0.2) is 29.3 Å². The number of nitrogen functional groups attached to an aromatic ring is 1. The molecule has 1 aromatic rings. The largest absolute Gasteiger partial charge is 0.399 e. The monoisotopic (exact) mass is 264 g/mol. The molecular formula is C8H12N2O4S2. The Morgan fingerprint density at radius 3 is 2.06 bits per heavy atom. The lowest BCUT2D eigenvalue weighted by molar-refractivity contribution is 0.601. The van der Waals surface area contributed by atoms with Gasteiger partial charge in [-0.3, -0.25) is 4.72 Å². The van der Waals surface area contributed by atoms with E-state index in [1.807, 2.05) is 0 Å². The van der Waals surface area contributed by atoms with Crippen molar-refractivity contribution in [2.24, 2.45) is 0 Å². The van der Waals surface area contributed by atoms with Crippen LogP contribution >= 0.6 is 0 Å². The molecule has 6 nitrogen and oxygen atoms in total. The molecule has 16 heavy (non-hydrogen) atoms. The quantitative estimate of drug-likeness (QED) is 0.750. The molecule has 0 heterocycles. The second-order valence-electron chi connectivity index (χ2n) is 3.44. The van der Waals surface area contributed by atoms with E-state index in [4.69, 9.17) is 5.73 Å². The van der Waals surface area contributed by atoms with Crippen molar-refractivity contribution in [3.8, 4) is 0 Å². The van der Waals surface area contributed by atoms with Crippen LogP contribution in [0.15, 0.2) is 23.1 Å². The number of rotatable bonds is 3. The molecule has 0 saturated carbocycles. The standard InChI is InChI=1S/C8H12N2O4S2/c1-15(11,12)8-4-6(9)3-7(5-8)10-16(2,13)14/h3-5,10H,9H2,1-2H3. The summed E-state index contributed by atoms with van der Waals surface area (Å²) >= 11 is 0. The van der Waals surface area contributed by atoms with Gasteiger partial charge in [-0.1, -0.05) is 0 Å². The van der Waals surface area contributed by atoms with Crippen molar-refractivity contribution in [2.75, 3.05) is 23.0 Å². The molecule has 0 unspecified atom stereocenters. The topological polar surface area (TPSA) is 106 Å². The molecule has 0 aromatic heterocycles. The van der Waals surface area contributed by atoms with E-state index in [1.165, 1.54) is 18.2 Å². The summed E-state index contributed by atoms with van der Waals surface area (Å²) in [7, 11) is -6.87. The molecule has 0 spiro atoms. The molecule has 0 aliphatic rings. The van der Waals surface area contributed by atoms with Crippen LogP contribution in [0.4, 0.5) is 11.4 Å². The number of sulfonamides is 1. The Labute approximate surface area is 94.4 Å². The number of hydrogen-bond donors (Lipinski definition) is 2. The number of hydrogen-bond acceptors (Lipinski definition) is 5. The zero-order chi connectivity index (χ0) is 12.6. The lowest BCUT2D eigenvalue weighted by atomic mass is 10.3. The number of anilines is 2. The first-order valence-electron chi connectivity index (χ1n) is 4.16. The van der Waals surface area contributed by atoms with E-state index < -0.39 is 19.9 Å². The molecule has 0 amide bonds. The van der Waals surface area contributed by atoms with Crippen LogP contribution in [0.2, 0.25) is 0 Å². The van der Waals surface area contributed by atoms with Gasteiger partial charge in [0.25, 0.3) is 0 Å². The summed E-state index contributed by atoms with van der Waals surface area (Å²) in [5.41, 5.74) is 5.78. The summed E-state index contributed by atoms with van der Waals surface area (Å²) < 4.78 is 46.6. The average molecular weight is 264 g/mol. The Kier molecular flexibility index (Phi) is 3.15. The first kappa shape index (κ1) is 12.8. The lowest BCUT2D eigenvalue weighted by Crippen LogP contribution is -2.10. The number of sulfone groups is 1. The Hall–Kier alpha value is -1.28. The zero-order valence-electron chi connectivity index (χ0n) is 8.76. The summed E-state index contributed by atoms with van der Waals surface area (Å²) in [5.74, 6) is 0. The molecule has 0 fully saturated rings. The lowest BCUT2D eigenvalue weighted by Gasteiger charge is -2.07. The normalized spacial score (nSPS) is 12.4. The minimum absolute atomic E-state index is 0.0290. The maximum absolute atomic E-state index is 11.3. The molecular weight excluding hydrogens is 252 g/mol. The first-order chi connectivity index (χ1) is 7.08. The van der Waals surface area contributed by atoms with Crippen LogP contribution in [0, 0.1) is 0 Å². The molecule has 0 bridgehead atoms. The van der Waals surface area contributed by atoms with Gasteiger partial charge < -0.3 is 5.73 Å². The molecule has 0 aliphatic heterocycles. The van der Waals surface area contributed by atoms with Gasteiger partial charge in [-0.05, 0) is 18.2 Å². The van der Waals surface area contributed by atoms with E-state index in [0.717, 1.165) is 12.5 Å². The summed E-state index contributed by atoms with van der Waals surface area (Å²) in [5, 5.41) is 0. The second kappa shape index (κ2) is 3.95. The molecule has 1 rings (SSSR count). The van der Waals surface area contributed by atoms with Crippen LogP contribution in [0.5, 0.6) is 0 Å². The van der Waals surface area contributed by atoms with Gasteiger partial charge in [-0.15, -0.1) is 0 Å². The highest BCUT2D eigenvalue weighted by Crippen LogP contribution is 2.20. The van der Waals surface area contributed by atoms with Crippen LogP contribution in [0.1, 0.15) is 0 Å². The Morgan fingerprint density at radius 2 is 1.62 bits per heavy atom. The Morgan fingerprint density at radius 1 is 1.06 bits per heavy atom. The van der Waals surface area contributed by atoms with Crippen molar-refractivity contribution < 1.29 is 16.8 Å². The fraction of sp³-hybridized carbons (Fsp3) is 0.250. The van der Waals surface area contributed by atoms with E-state index >= 15 is 0 Å². The second-order valence-corrected chi connectivity index (χ2v) is 7.20. The minimum Gasteiger partial charge on any atom is -0.399 e. The van der Waals surface area contributed by atoms with Gasteiger partial charge in [0, 0.05) is 11.9 Å².